The van der Waals surface area contributed by atoms with Gasteiger partial charge in [0.1, 0.15) is 5.69 Å². The SMILES string of the molecule is CC(=O)Nc1ccc(NC(=O)C2CCCN(c3ccc(-c4cccs4)nn3)C2)cc1. The molecule has 1 fully saturated rings. The minimum absolute atomic E-state index is 0.00450. The Kier molecular flexibility index (Phi) is 6.04. The van der Waals surface area contributed by atoms with Crippen molar-refractivity contribution in [1.82, 2.24) is 10.2 Å². The van der Waals surface area contributed by atoms with Crippen LogP contribution in [0, 0.1) is 5.92 Å². The van der Waals surface area contributed by atoms with E-state index in [0.717, 1.165) is 35.8 Å². The summed E-state index contributed by atoms with van der Waals surface area (Å²) in [5.74, 6) is 0.552. The van der Waals surface area contributed by atoms with Crippen LogP contribution in [0.2, 0.25) is 0 Å². The van der Waals surface area contributed by atoms with Gasteiger partial charge in [-0.15, -0.1) is 21.5 Å². The van der Waals surface area contributed by atoms with Crippen LogP contribution in [-0.2, 0) is 9.59 Å². The summed E-state index contributed by atoms with van der Waals surface area (Å²) in [4.78, 5) is 27.1. The lowest BCUT2D eigenvalue weighted by Gasteiger charge is -2.32. The Morgan fingerprint density at radius 1 is 1.03 bits per heavy atom. The van der Waals surface area contributed by atoms with Crippen LogP contribution < -0.4 is 15.5 Å². The monoisotopic (exact) mass is 421 g/mol. The summed E-state index contributed by atoms with van der Waals surface area (Å²) in [5.41, 5.74) is 2.28. The molecular weight excluding hydrogens is 398 g/mol. The van der Waals surface area contributed by atoms with Gasteiger partial charge in [-0.1, -0.05) is 6.07 Å². The number of nitrogens with one attached hydrogen (secondary N) is 2. The number of hydrogen-bond donors (Lipinski definition) is 2. The second-order valence-electron chi connectivity index (χ2n) is 7.29. The van der Waals surface area contributed by atoms with Gasteiger partial charge < -0.3 is 15.5 Å². The molecule has 154 valence electrons. The quantitative estimate of drug-likeness (QED) is 0.650. The summed E-state index contributed by atoms with van der Waals surface area (Å²) in [6.07, 6.45) is 1.76. The van der Waals surface area contributed by atoms with Crippen molar-refractivity contribution >= 4 is 40.3 Å². The van der Waals surface area contributed by atoms with Crippen LogP contribution in [0.1, 0.15) is 19.8 Å². The van der Waals surface area contributed by atoms with Crippen LogP contribution in [0.15, 0.2) is 53.9 Å². The molecule has 0 spiro atoms. The Morgan fingerprint density at radius 3 is 2.43 bits per heavy atom. The minimum Gasteiger partial charge on any atom is -0.354 e. The summed E-state index contributed by atoms with van der Waals surface area (Å²) < 4.78 is 0. The van der Waals surface area contributed by atoms with Crippen molar-refractivity contribution in [3.05, 3.63) is 53.9 Å². The highest BCUT2D eigenvalue weighted by Crippen LogP contribution is 2.26. The number of rotatable bonds is 5. The Hall–Kier alpha value is -3.26. The molecule has 0 radical (unpaired) electrons. The molecule has 2 amide bonds. The topological polar surface area (TPSA) is 87.2 Å². The molecule has 1 aliphatic heterocycles. The third-order valence-electron chi connectivity index (χ3n) is 5.01. The third kappa shape index (κ3) is 4.83. The van der Waals surface area contributed by atoms with Crippen LogP contribution in [0.5, 0.6) is 0 Å². The molecule has 0 aliphatic carbocycles. The summed E-state index contributed by atoms with van der Waals surface area (Å²) in [5, 5.41) is 16.5. The molecule has 1 aliphatic rings. The minimum atomic E-state index is -0.124. The van der Waals surface area contributed by atoms with E-state index in [-0.39, 0.29) is 17.7 Å². The second kappa shape index (κ2) is 9.04. The molecule has 3 aromatic rings. The predicted octanol–water partition coefficient (Wildman–Crippen LogP) is 4.02. The van der Waals surface area contributed by atoms with Crippen molar-refractivity contribution in [2.45, 2.75) is 19.8 Å². The molecule has 0 saturated carbocycles. The number of aromatic nitrogens is 2. The summed E-state index contributed by atoms with van der Waals surface area (Å²) in [6.45, 7) is 2.94. The number of hydrogen-bond acceptors (Lipinski definition) is 6. The zero-order valence-electron chi connectivity index (χ0n) is 16.7. The maximum Gasteiger partial charge on any atom is 0.229 e. The lowest BCUT2D eigenvalue weighted by molar-refractivity contribution is -0.120. The third-order valence-corrected chi connectivity index (χ3v) is 5.91. The maximum atomic E-state index is 12.8. The lowest BCUT2D eigenvalue weighted by Crippen LogP contribution is -2.41. The fourth-order valence-corrected chi connectivity index (χ4v) is 4.22. The molecule has 30 heavy (non-hydrogen) atoms. The normalized spacial score (nSPS) is 16.2. The van der Waals surface area contributed by atoms with Crippen LogP contribution in [0.25, 0.3) is 10.6 Å². The average Bonchev–Trinajstić information content (AvgIpc) is 3.30. The van der Waals surface area contributed by atoms with Gasteiger partial charge >= 0.3 is 0 Å². The average molecular weight is 422 g/mol. The Balaban J connectivity index is 1.37. The molecule has 1 aromatic carbocycles. The standard InChI is InChI=1S/C22H23N5O2S/c1-15(28)23-17-6-8-18(9-7-17)24-22(29)16-4-2-12-27(14-16)21-11-10-19(25-26-21)20-5-3-13-30-20/h3,5-11,13,16H,2,4,12,14H2,1H3,(H,23,28)(H,24,29). The van der Waals surface area contributed by atoms with E-state index in [2.05, 4.69) is 25.7 Å². The summed E-state index contributed by atoms with van der Waals surface area (Å²) >= 11 is 1.64. The first-order valence-corrected chi connectivity index (χ1v) is 10.8. The van der Waals surface area contributed by atoms with Crippen LogP contribution >= 0.6 is 11.3 Å². The fourth-order valence-electron chi connectivity index (χ4n) is 3.53. The first kappa shape index (κ1) is 20.0. The second-order valence-corrected chi connectivity index (χ2v) is 8.23. The molecule has 2 N–H and O–H groups in total. The number of benzene rings is 1. The number of amides is 2. The molecule has 3 heterocycles. The molecule has 7 nitrogen and oxygen atoms in total. The number of piperidine rings is 1. The van der Waals surface area contributed by atoms with E-state index in [4.69, 9.17) is 0 Å². The molecule has 4 rings (SSSR count). The van der Waals surface area contributed by atoms with Gasteiger partial charge in [0.05, 0.1) is 10.8 Å². The first-order chi connectivity index (χ1) is 14.6. The van der Waals surface area contributed by atoms with Gasteiger partial charge in [-0.05, 0) is 60.7 Å². The molecule has 1 saturated heterocycles. The van der Waals surface area contributed by atoms with Crippen molar-refractivity contribution in [3.63, 3.8) is 0 Å². The van der Waals surface area contributed by atoms with Gasteiger partial charge in [0, 0.05) is 31.4 Å². The zero-order chi connectivity index (χ0) is 20.9. The maximum absolute atomic E-state index is 12.8. The number of thiophene rings is 1. The van der Waals surface area contributed by atoms with E-state index >= 15 is 0 Å². The van der Waals surface area contributed by atoms with Crippen molar-refractivity contribution in [3.8, 4) is 10.6 Å². The van der Waals surface area contributed by atoms with Crippen molar-refractivity contribution in [2.24, 2.45) is 5.92 Å². The van der Waals surface area contributed by atoms with Crippen molar-refractivity contribution in [1.29, 1.82) is 0 Å². The Bertz CT molecular complexity index is 1000. The molecular formula is C22H23N5O2S. The van der Waals surface area contributed by atoms with Crippen LogP contribution in [0.4, 0.5) is 17.2 Å². The predicted molar refractivity (Wildman–Crippen MR) is 120 cm³/mol. The van der Waals surface area contributed by atoms with E-state index in [0.29, 0.717) is 17.9 Å². The summed E-state index contributed by atoms with van der Waals surface area (Å²) in [6, 6.07) is 15.1. The van der Waals surface area contributed by atoms with Crippen molar-refractivity contribution in [2.75, 3.05) is 28.6 Å². The van der Waals surface area contributed by atoms with Gasteiger partial charge in [0.15, 0.2) is 5.82 Å². The summed E-state index contributed by atoms with van der Waals surface area (Å²) in [7, 11) is 0. The van der Waals surface area contributed by atoms with Gasteiger partial charge in [-0.2, -0.15) is 0 Å². The van der Waals surface area contributed by atoms with E-state index in [1.54, 1.807) is 35.6 Å². The molecule has 8 heteroatoms. The number of carbonyl (C=O) groups excluding carboxylic acids is 2. The number of carbonyl (C=O) groups is 2. The molecule has 1 atom stereocenters. The van der Waals surface area contributed by atoms with E-state index in [1.807, 2.05) is 29.6 Å². The molecule has 2 aromatic heterocycles. The van der Waals surface area contributed by atoms with E-state index in [9.17, 15) is 9.59 Å². The Labute approximate surface area is 179 Å². The van der Waals surface area contributed by atoms with Crippen LogP contribution in [-0.4, -0.2) is 35.1 Å². The van der Waals surface area contributed by atoms with Gasteiger partial charge in [-0.3, -0.25) is 9.59 Å². The van der Waals surface area contributed by atoms with E-state index < -0.39 is 0 Å². The van der Waals surface area contributed by atoms with Gasteiger partial charge in [0.25, 0.3) is 0 Å². The van der Waals surface area contributed by atoms with Crippen LogP contribution in [0.3, 0.4) is 0 Å². The van der Waals surface area contributed by atoms with Gasteiger partial charge in [-0.25, -0.2) is 0 Å². The van der Waals surface area contributed by atoms with Crippen molar-refractivity contribution < 1.29 is 9.59 Å². The van der Waals surface area contributed by atoms with E-state index in [1.165, 1.54) is 6.92 Å². The largest absolute Gasteiger partial charge is 0.354 e. The highest BCUT2D eigenvalue weighted by atomic mass is 32.1. The fraction of sp³-hybridized carbons (Fsp3) is 0.273. The van der Waals surface area contributed by atoms with Gasteiger partial charge in [0.2, 0.25) is 11.8 Å². The zero-order valence-corrected chi connectivity index (χ0v) is 17.5. The smallest absolute Gasteiger partial charge is 0.229 e. The first-order valence-electron chi connectivity index (χ1n) is 9.89. The number of anilines is 3. The Morgan fingerprint density at radius 2 is 1.80 bits per heavy atom. The highest BCUT2D eigenvalue weighted by molar-refractivity contribution is 7.13. The number of nitrogens with zero attached hydrogens (tertiary/aromatic N) is 3. The molecule has 0 bridgehead atoms. The lowest BCUT2D eigenvalue weighted by atomic mass is 9.97. The molecule has 1 unspecified atom stereocenters. The highest BCUT2D eigenvalue weighted by Gasteiger charge is 2.27.